The summed E-state index contributed by atoms with van der Waals surface area (Å²) in [6.07, 6.45) is 0.308. The van der Waals surface area contributed by atoms with Crippen molar-refractivity contribution in [2.75, 3.05) is 4.90 Å². The predicted molar refractivity (Wildman–Crippen MR) is 177 cm³/mol. The predicted octanol–water partition coefficient (Wildman–Crippen LogP) is 9.03. The van der Waals surface area contributed by atoms with Crippen LogP contribution in [-0.4, -0.2) is 24.9 Å². The summed E-state index contributed by atoms with van der Waals surface area (Å²) < 4.78 is 14.1. The van der Waals surface area contributed by atoms with E-state index in [4.69, 9.17) is 12.2 Å². The van der Waals surface area contributed by atoms with E-state index in [1.54, 1.807) is 48.2 Å². The fourth-order valence-corrected chi connectivity index (χ4v) is 7.46. The first kappa shape index (κ1) is 28.9. The summed E-state index contributed by atoms with van der Waals surface area (Å²) >= 11 is 7.49. The number of rotatable bonds is 8. The number of thioether (sulfide) groups is 1. The Labute approximate surface area is 260 Å². The SMILES string of the molecule is Oc1cccc(-c2ccc([C@@H]3[C@H](CC[C@H](O)c4ccc(F)cc4)SC(=S)N3c3ccc(-c4ccccc4)cc3)c(O)c2)c1. The van der Waals surface area contributed by atoms with Crippen molar-refractivity contribution in [3.8, 4) is 33.8 Å². The van der Waals surface area contributed by atoms with Crippen molar-refractivity contribution in [2.45, 2.75) is 30.2 Å². The second kappa shape index (κ2) is 12.6. The maximum Gasteiger partial charge on any atom is 0.141 e. The zero-order chi connectivity index (χ0) is 29.9. The molecule has 3 atom stereocenters. The van der Waals surface area contributed by atoms with Crippen LogP contribution in [0.4, 0.5) is 10.1 Å². The largest absolute Gasteiger partial charge is 0.508 e. The van der Waals surface area contributed by atoms with E-state index in [0.29, 0.717) is 22.7 Å². The minimum Gasteiger partial charge on any atom is -0.508 e. The zero-order valence-corrected chi connectivity index (χ0v) is 24.8. The van der Waals surface area contributed by atoms with E-state index < -0.39 is 6.10 Å². The molecular weight excluding hydrogens is 578 g/mol. The summed E-state index contributed by atoms with van der Waals surface area (Å²) in [7, 11) is 0. The Morgan fingerprint density at radius 3 is 2.09 bits per heavy atom. The maximum absolute atomic E-state index is 13.4. The summed E-state index contributed by atoms with van der Waals surface area (Å²) in [5.74, 6) is -0.0547. The van der Waals surface area contributed by atoms with Gasteiger partial charge in [0, 0.05) is 16.5 Å². The molecule has 0 aliphatic carbocycles. The molecule has 43 heavy (non-hydrogen) atoms. The summed E-state index contributed by atoms with van der Waals surface area (Å²) in [4.78, 5) is 2.09. The number of anilines is 1. The van der Waals surface area contributed by atoms with Gasteiger partial charge in [0.2, 0.25) is 0 Å². The first-order valence-electron chi connectivity index (χ1n) is 14.1. The topological polar surface area (TPSA) is 63.9 Å². The molecule has 0 aromatic heterocycles. The average molecular weight is 608 g/mol. The molecule has 1 aliphatic rings. The minimum absolute atomic E-state index is 0.0612. The normalized spacial score (nSPS) is 17.3. The number of aliphatic hydroxyl groups is 1. The molecule has 6 rings (SSSR count). The van der Waals surface area contributed by atoms with Crippen molar-refractivity contribution in [1.29, 1.82) is 0 Å². The summed E-state index contributed by atoms with van der Waals surface area (Å²) in [6.45, 7) is 0. The van der Waals surface area contributed by atoms with E-state index in [1.165, 1.54) is 12.1 Å². The Balaban J connectivity index is 1.33. The van der Waals surface area contributed by atoms with Gasteiger partial charge in [-0.05, 0) is 83.1 Å². The third-order valence-corrected chi connectivity index (χ3v) is 9.52. The van der Waals surface area contributed by atoms with Gasteiger partial charge in [0.05, 0.1) is 12.1 Å². The molecule has 7 heteroatoms. The van der Waals surface area contributed by atoms with Crippen LogP contribution in [0.1, 0.15) is 36.1 Å². The van der Waals surface area contributed by atoms with Gasteiger partial charge in [-0.3, -0.25) is 0 Å². The Morgan fingerprint density at radius 1 is 0.744 bits per heavy atom. The molecular formula is C36H30FNO3S2. The lowest BCUT2D eigenvalue weighted by Gasteiger charge is -2.30. The van der Waals surface area contributed by atoms with Crippen LogP contribution in [0.5, 0.6) is 11.5 Å². The van der Waals surface area contributed by atoms with Crippen LogP contribution >= 0.6 is 24.0 Å². The number of hydrogen-bond acceptors (Lipinski definition) is 5. The third kappa shape index (κ3) is 6.30. The van der Waals surface area contributed by atoms with Gasteiger partial charge in [-0.15, -0.1) is 0 Å². The number of nitrogens with zero attached hydrogens (tertiary/aromatic N) is 1. The van der Waals surface area contributed by atoms with Crippen molar-refractivity contribution < 1.29 is 19.7 Å². The molecule has 1 fully saturated rings. The third-order valence-electron chi connectivity index (χ3n) is 7.84. The van der Waals surface area contributed by atoms with Gasteiger partial charge in [-0.1, -0.05) is 103 Å². The fourth-order valence-electron chi connectivity index (χ4n) is 5.63. The molecule has 0 saturated carbocycles. The first-order valence-corrected chi connectivity index (χ1v) is 15.4. The number of phenols is 2. The Bertz CT molecular complexity index is 1730. The van der Waals surface area contributed by atoms with Crippen LogP contribution in [0.25, 0.3) is 22.3 Å². The molecule has 1 heterocycles. The van der Waals surface area contributed by atoms with E-state index in [-0.39, 0.29) is 28.6 Å². The lowest BCUT2D eigenvalue weighted by Crippen LogP contribution is -2.29. The molecule has 0 unspecified atom stereocenters. The van der Waals surface area contributed by atoms with E-state index >= 15 is 0 Å². The van der Waals surface area contributed by atoms with Gasteiger partial charge in [0.1, 0.15) is 21.6 Å². The number of phenolic OH excluding ortho intramolecular Hbond substituents is 2. The van der Waals surface area contributed by atoms with Gasteiger partial charge >= 0.3 is 0 Å². The van der Waals surface area contributed by atoms with Crippen LogP contribution in [0.2, 0.25) is 0 Å². The van der Waals surface area contributed by atoms with Gasteiger partial charge in [0.25, 0.3) is 0 Å². The first-order chi connectivity index (χ1) is 20.9. The van der Waals surface area contributed by atoms with Crippen molar-refractivity contribution in [3.05, 3.63) is 138 Å². The van der Waals surface area contributed by atoms with Crippen molar-refractivity contribution in [1.82, 2.24) is 0 Å². The molecule has 0 amide bonds. The van der Waals surface area contributed by atoms with Crippen molar-refractivity contribution >= 4 is 34.0 Å². The smallest absolute Gasteiger partial charge is 0.141 e. The van der Waals surface area contributed by atoms with E-state index in [1.807, 2.05) is 36.4 Å². The lowest BCUT2D eigenvalue weighted by atomic mass is 9.93. The molecule has 4 nitrogen and oxygen atoms in total. The monoisotopic (exact) mass is 607 g/mol. The Kier molecular flexibility index (Phi) is 8.47. The van der Waals surface area contributed by atoms with Gasteiger partial charge in [-0.2, -0.15) is 0 Å². The van der Waals surface area contributed by atoms with Gasteiger partial charge < -0.3 is 20.2 Å². The quantitative estimate of drug-likeness (QED) is 0.153. The summed E-state index contributed by atoms with van der Waals surface area (Å²) in [5.41, 5.74) is 6.10. The molecule has 5 aromatic carbocycles. The molecule has 0 radical (unpaired) electrons. The highest BCUT2D eigenvalue weighted by molar-refractivity contribution is 8.24. The van der Waals surface area contributed by atoms with E-state index in [9.17, 15) is 19.7 Å². The maximum atomic E-state index is 13.4. The molecule has 3 N–H and O–H groups in total. The van der Waals surface area contributed by atoms with Crippen LogP contribution < -0.4 is 4.90 Å². The van der Waals surface area contributed by atoms with E-state index in [2.05, 4.69) is 41.3 Å². The summed E-state index contributed by atoms with van der Waals surface area (Å²) in [6, 6.07) is 36.6. The molecule has 1 aliphatic heterocycles. The number of halogens is 1. The van der Waals surface area contributed by atoms with Crippen molar-refractivity contribution in [2.24, 2.45) is 0 Å². The second-order valence-corrected chi connectivity index (χ2v) is 12.5. The standard InChI is InChI=1S/C36H30FNO3S2/c37-28-14-9-25(10-15-28)32(40)19-20-34-35(31-18-13-27(22-33(31)41)26-7-4-8-30(39)21-26)38(36(42)43-34)29-16-11-24(12-17-29)23-5-2-1-3-6-23/h1-18,21-22,32,34-35,39-41H,19-20H2/t32-,34-,35+/m0/s1. The summed E-state index contributed by atoms with van der Waals surface area (Å²) in [5, 5.41) is 32.2. The zero-order valence-electron chi connectivity index (χ0n) is 23.2. The number of aromatic hydroxyl groups is 2. The minimum atomic E-state index is -0.753. The van der Waals surface area contributed by atoms with Crippen LogP contribution in [0, 0.1) is 5.82 Å². The highest BCUT2D eigenvalue weighted by Crippen LogP contribution is 2.49. The molecule has 1 saturated heterocycles. The van der Waals surface area contributed by atoms with Crippen LogP contribution in [0.15, 0.2) is 121 Å². The highest BCUT2D eigenvalue weighted by atomic mass is 32.2. The number of benzene rings is 5. The van der Waals surface area contributed by atoms with Gasteiger partial charge in [-0.25, -0.2) is 4.39 Å². The average Bonchev–Trinajstić information content (AvgIpc) is 3.36. The van der Waals surface area contributed by atoms with Crippen LogP contribution in [0.3, 0.4) is 0 Å². The fraction of sp³-hybridized carbons (Fsp3) is 0.139. The molecule has 0 spiro atoms. The number of thiocarbonyl (C=S) groups is 1. The molecule has 216 valence electrons. The molecule has 5 aromatic rings. The second-order valence-electron chi connectivity index (χ2n) is 10.6. The Morgan fingerprint density at radius 2 is 1.40 bits per heavy atom. The highest BCUT2D eigenvalue weighted by Gasteiger charge is 2.41. The van der Waals surface area contributed by atoms with E-state index in [0.717, 1.165) is 33.5 Å². The molecule has 0 bridgehead atoms. The Hall–Kier alpha value is -4.17. The number of aliphatic hydroxyl groups excluding tert-OH is 1. The van der Waals surface area contributed by atoms with Gasteiger partial charge in [0.15, 0.2) is 0 Å². The van der Waals surface area contributed by atoms with Crippen molar-refractivity contribution in [3.63, 3.8) is 0 Å². The number of hydrogen-bond donors (Lipinski definition) is 3. The lowest BCUT2D eigenvalue weighted by molar-refractivity contribution is 0.163. The van der Waals surface area contributed by atoms with Crippen LogP contribution in [-0.2, 0) is 0 Å².